The van der Waals surface area contributed by atoms with Crippen LogP contribution in [0.4, 0.5) is 4.39 Å². The summed E-state index contributed by atoms with van der Waals surface area (Å²) >= 11 is 3.30. The molecule has 1 aromatic heterocycles. The Morgan fingerprint density at radius 2 is 1.96 bits per heavy atom. The van der Waals surface area contributed by atoms with E-state index >= 15 is 0 Å². The summed E-state index contributed by atoms with van der Waals surface area (Å²) in [6.07, 6.45) is 0. The third-order valence-corrected chi connectivity index (χ3v) is 4.38. The molecular formula is C19H15BrFNO3. The van der Waals surface area contributed by atoms with Crippen LogP contribution in [0.2, 0.25) is 0 Å². The van der Waals surface area contributed by atoms with Crippen molar-refractivity contribution >= 4 is 32.8 Å². The fraction of sp³-hybridized carbons (Fsp3) is 0.158. The molecule has 1 amide bonds. The van der Waals surface area contributed by atoms with Crippen LogP contribution in [0.1, 0.15) is 23.0 Å². The molecule has 3 rings (SSSR count). The summed E-state index contributed by atoms with van der Waals surface area (Å²) in [7, 11) is 0. The molecule has 4 nitrogen and oxygen atoms in total. The van der Waals surface area contributed by atoms with E-state index in [1.807, 2.05) is 0 Å². The lowest BCUT2D eigenvalue weighted by atomic mass is 10.2. The van der Waals surface area contributed by atoms with E-state index in [9.17, 15) is 14.0 Å². The van der Waals surface area contributed by atoms with Crippen LogP contribution >= 0.6 is 15.9 Å². The molecule has 0 radical (unpaired) electrons. The van der Waals surface area contributed by atoms with Gasteiger partial charge in [0.2, 0.25) is 0 Å². The van der Waals surface area contributed by atoms with E-state index in [1.54, 1.807) is 43.3 Å². The molecular weight excluding hydrogens is 389 g/mol. The Balaban J connectivity index is 1.95. The molecule has 6 heteroatoms. The summed E-state index contributed by atoms with van der Waals surface area (Å²) in [6, 6.07) is 12.5. The third-order valence-electron chi connectivity index (χ3n) is 3.88. The van der Waals surface area contributed by atoms with Crippen LogP contribution in [0.3, 0.4) is 0 Å². The van der Waals surface area contributed by atoms with Crippen LogP contribution in [0.5, 0.6) is 0 Å². The minimum absolute atomic E-state index is 0.0547. The SMILES string of the molecule is CCN(Cc1cc(Br)ccc1F)C(=O)c1cc(=O)c2ccccc2o1. The van der Waals surface area contributed by atoms with Gasteiger partial charge in [-0.15, -0.1) is 0 Å². The Morgan fingerprint density at radius 1 is 1.20 bits per heavy atom. The van der Waals surface area contributed by atoms with Crippen molar-refractivity contribution in [2.75, 3.05) is 6.54 Å². The van der Waals surface area contributed by atoms with Crippen LogP contribution in [0, 0.1) is 5.82 Å². The zero-order chi connectivity index (χ0) is 18.0. The van der Waals surface area contributed by atoms with Gasteiger partial charge in [0.25, 0.3) is 5.91 Å². The molecule has 0 aliphatic carbocycles. The predicted molar refractivity (Wildman–Crippen MR) is 97.0 cm³/mol. The van der Waals surface area contributed by atoms with Gasteiger partial charge in [-0.3, -0.25) is 9.59 Å². The molecule has 25 heavy (non-hydrogen) atoms. The second kappa shape index (κ2) is 7.19. The van der Waals surface area contributed by atoms with Crippen LogP contribution in [-0.2, 0) is 6.54 Å². The molecule has 0 aliphatic rings. The van der Waals surface area contributed by atoms with E-state index in [2.05, 4.69) is 15.9 Å². The third kappa shape index (κ3) is 3.64. The molecule has 0 fully saturated rings. The number of hydrogen-bond acceptors (Lipinski definition) is 3. The van der Waals surface area contributed by atoms with Crippen LogP contribution in [0.15, 0.2) is 62.2 Å². The summed E-state index contributed by atoms with van der Waals surface area (Å²) < 4.78 is 20.3. The second-order valence-corrected chi connectivity index (χ2v) is 6.44. The first-order valence-electron chi connectivity index (χ1n) is 7.75. The first-order chi connectivity index (χ1) is 12.0. The molecule has 0 unspecified atom stereocenters. The summed E-state index contributed by atoms with van der Waals surface area (Å²) in [6.45, 7) is 2.21. The van der Waals surface area contributed by atoms with Gasteiger partial charge < -0.3 is 9.32 Å². The summed E-state index contributed by atoms with van der Waals surface area (Å²) in [5.41, 5.74) is 0.450. The molecule has 0 spiro atoms. The molecule has 0 atom stereocenters. The molecule has 3 aromatic rings. The standard InChI is InChI=1S/C19H15BrFNO3/c1-2-22(11-12-9-13(20)7-8-15(12)21)19(24)18-10-16(23)14-5-3-4-6-17(14)25-18/h3-10H,2,11H2,1H3. The van der Waals surface area contributed by atoms with Crippen molar-refractivity contribution < 1.29 is 13.6 Å². The molecule has 0 saturated heterocycles. The van der Waals surface area contributed by atoms with Crippen molar-refractivity contribution in [1.82, 2.24) is 4.90 Å². The van der Waals surface area contributed by atoms with Gasteiger partial charge in [-0.25, -0.2) is 4.39 Å². The molecule has 0 aliphatic heterocycles. The molecule has 2 aromatic carbocycles. The Labute approximate surface area is 152 Å². The van der Waals surface area contributed by atoms with Crippen molar-refractivity contribution in [2.24, 2.45) is 0 Å². The average Bonchev–Trinajstić information content (AvgIpc) is 2.62. The molecule has 128 valence electrons. The van der Waals surface area contributed by atoms with Gasteiger partial charge in [0.15, 0.2) is 11.2 Å². The maximum absolute atomic E-state index is 14.0. The first kappa shape index (κ1) is 17.4. The zero-order valence-electron chi connectivity index (χ0n) is 13.5. The number of amides is 1. The Bertz CT molecular complexity index is 999. The van der Waals surface area contributed by atoms with Gasteiger partial charge in [0.1, 0.15) is 11.4 Å². The minimum atomic E-state index is -0.454. The van der Waals surface area contributed by atoms with E-state index in [-0.39, 0.29) is 17.7 Å². The van der Waals surface area contributed by atoms with Crippen LogP contribution < -0.4 is 5.43 Å². The normalized spacial score (nSPS) is 10.8. The molecule has 0 saturated carbocycles. The largest absolute Gasteiger partial charge is 0.451 e. The summed E-state index contributed by atoms with van der Waals surface area (Å²) in [5.74, 6) is -0.903. The number of nitrogens with zero attached hydrogens (tertiary/aromatic N) is 1. The molecule has 0 bridgehead atoms. The van der Waals surface area contributed by atoms with E-state index in [4.69, 9.17) is 4.42 Å². The monoisotopic (exact) mass is 403 g/mol. The van der Waals surface area contributed by atoms with Crippen LogP contribution in [0.25, 0.3) is 11.0 Å². The highest BCUT2D eigenvalue weighted by molar-refractivity contribution is 9.10. The number of benzene rings is 2. The number of carbonyl (C=O) groups excluding carboxylic acids is 1. The maximum Gasteiger partial charge on any atom is 0.290 e. The smallest absolute Gasteiger partial charge is 0.290 e. The Hall–Kier alpha value is -2.47. The zero-order valence-corrected chi connectivity index (χ0v) is 15.0. The predicted octanol–water partition coefficient (Wildman–Crippen LogP) is 4.36. The van der Waals surface area contributed by atoms with Crippen molar-refractivity contribution in [2.45, 2.75) is 13.5 Å². The quantitative estimate of drug-likeness (QED) is 0.650. The number of carbonyl (C=O) groups is 1. The lowest BCUT2D eigenvalue weighted by Gasteiger charge is -2.20. The Kier molecular flexibility index (Phi) is 4.99. The van der Waals surface area contributed by atoms with Gasteiger partial charge in [0.05, 0.1) is 5.39 Å². The highest BCUT2D eigenvalue weighted by Gasteiger charge is 2.20. The number of hydrogen-bond donors (Lipinski definition) is 0. The van der Waals surface area contributed by atoms with E-state index in [0.717, 1.165) is 4.47 Å². The Morgan fingerprint density at radius 3 is 2.72 bits per heavy atom. The van der Waals surface area contributed by atoms with Crippen LogP contribution in [-0.4, -0.2) is 17.4 Å². The van der Waals surface area contributed by atoms with Gasteiger partial charge in [-0.1, -0.05) is 28.1 Å². The first-order valence-corrected chi connectivity index (χ1v) is 8.55. The number of para-hydroxylation sites is 1. The number of fused-ring (bicyclic) bond motifs is 1. The lowest BCUT2D eigenvalue weighted by molar-refractivity contribution is 0.0719. The highest BCUT2D eigenvalue weighted by atomic mass is 79.9. The maximum atomic E-state index is 14.0. The fourth-order valence-electron chi connectivity index (χ4n) is 2.56. The van der Waals surface area contributed by atoms with E-state index < -0.39 is 11.7 Å². The number of rotatable bonds is 4. The minimum Gasteiger partial charge on any atom is -0.451 e. The number of halogens is 2. The van der Waals surface area contributed by atoms with Crippen molar-refractivity contribution in [3.8, 4) is 0 Å². The summed E-state index contributed by atoms with van der Waals surface area (Å²) in [4.78, 5) is 26.3. The van der Waals surface area contributed by atoms with E-state index in [1.165, 1.54) is 17.0 Å². The summed E-state index contributed by atoms with van der Waals surface area (Å²) in [5, 5.41) is 0.417. The van der Waals surface area contributed by atoms with Gasteiger partial charge >= 0.3 is 0 Å². The molecule has 1 heterocycles. The highest BCUT2D eigenvalue weighted by Crippen LogP contribution is 2.19. The van der Waals surface area contributed by atoms with Crippen molar-refractivity contribution in [3.05, 3.63) is 80.4 Å². The topological polar surface area (TPSA) is 50.5 Å². The van der Waals surface area contributed by atoms with Crippen molar-refractivity contribution in [3.63, 3.8) is 0 Å². The van der Waals surface area contributed by atoms with Gasteiger partial charge in [-0.05, 0) is 37.3 Å². The van der Waals surface area contributed by atoms with Gasteiger partial charge in [-0.2, -0.15) is 0 Å². The second-order valence-electron chi connectivity index (χ2n) is 5.53. The van der Waals surface area contributed by atoms with Gasteiger partial charge in [0, 0.05) is 29.2 Å². The molecule has 0 N–H and O–H groups in total. The van der Waals surface area contributed by atoms with Crippen molar-refractivity contribution in [1.29, 1.82) is 0 Å². The lowest BCUT2D eigenvalue weighted by Crippen LogP contribution is -2.31. The fourth-order valence-corrected chi connectivity index (χ4v) is 2.97. The average molecular weight is 404 g/mol. The van der Waals surface area contributed by atoms with E-state index in [0.29, 0.717) is 23.1 Å².